The normalized spacial score (nSPS) is 16.0. The summed E-state index contributed by atoms with van der Waals surface area (Å²) < 4.78 is 54.1. The van der Waals surface area contributed by atoms with Gasteiger partial charge in [0.1, 0.15) is 17.5 Å². The van der Waals surface area contributed by atoms with Gasteiger partial charge >= 0.3 is 0 Å². The molecular formula is C32H28F4N4O2. The van der Waals surface area contributed by atoms with Crippen LogP contribution < -0.4 is 5.32 Å². The molecule has 1 aliphatic carbocycles. The maximum Gasteiger partial charge on any atom is 0.256 e. The van der Waals surface area contributed by atoms with Crippen LogP contribution in [0, 0.1) is 11.6 Å². The molecule has 1 saturated carbocycles. The van der Waals surface area contributed by atoms with Crippen molar-refractivity contribution in [2.24, 2.45) is 0 Å². The summed E-state index contributed by atoms with van der Waals surface area (Å²) in [7, 11) is 0. The van der Waals surface area contributed by atoms with Crippen molar-refractivity contribution in [1.82, 2.24) is 14.9 Å². The molecule has 2 N–H and O–H groups in total. The number of aromatic nitrogens is 2. The zero-order chi connectivity index (χ0) is 29.6. The number of aromatic amines is 1. The molecule has 2 aromatic carbocycles. The van der Waals surface area contributed by atoms with Gasteiger partial charge in [-0.05, 0) is 67.3 Å². The number of likely N-dealkylation sites (N-methyl/N-ethyl adjacent to an activating group) is 1. The molecule has 0 saturated heterocycles. The Morgan fingerprint density at radius 2 is 1.67 bits per heavy atom. The van der Waals surface area contributed by atoms with Crippen LogP contribution >= 0.6 is 0 Å². The molecule has 2 aliphatic rings. The van der Waals surface area contributed by atoms with Crippen LogP contribution in [0.5, 0.6) is 0 Å². The number of amides is 2. The fraction of sp³-hybridized carbons (Fsp3) is 0.281. The molecule has 6 nitrogen and oxygen atoms in total. The second-order valence-electron chi connectivity index (χ2n) is 10.8. The van der Waals surface area contributed by atoms with Crippen LogP contribution in [0.1, 0.15) is 53.7 Å². The number of H-pyrrole nitrogens is 1. The van der Waals surface area contributed by atoms with Crippen LogP contribution in [0.3, 0.4) is 0 Å². The van der Waals surface area contributed by atoms with E-state index in [1.807, 2.05) is 11.8 Å². The topological polar surface area (TPSA) is 78.1 Å². The van der Waals surface area contributed by atoms with Crippen molar-refractivity contribution < 1.29 is 27.2 Å². The van der Waals surface area contributed by atoms with Crippen molar-refractivity contribution in [3.8, 4) is 22.4 Å². The predicted octanol–water partition coefficient (Wildman–Crippen LogP) is 6.95. The predicted molar refractivity (Wildman–Crippen MR) is 150 cm³/mol. The second kappa shape index (κ2) is 10.7. The summed E-state index contributed by atoms with van der Waals surface area (Å²) in [6.07, 6.45) is 0.479. The molecule has 1 aliphatic heterocycles. The number of pyridine rings is 1. The van der Waals surface area contributed by atoms with Crippen molar-refractivity contribution in [3.05, 3.63) is 95.3 Å². The SMILES string of the molecule is CCN1C(=O)c2c([nH]c(-c3ccnc(NC(=O)C(CC(F)F)c4ccc(F)cc4)c3)c2-c2ccc(F)cc2)CC12CC2. The summed E-state index contributed by atoms with van der Waals surface area (Å²) in [5, 5.41) is 2.63. The van der Waals surface area contributed by atoms with E-state index < -0.39 is 36.3 Å². The Morgan fingerprint density at radius 1 is 1.00 bits per heavy atom. The van der Waals surface area contributed by atoms with Gasteiger partial charge in [-0.1, -0.05) is 24.3 Å². The monoisotopic (exact) mass is 576 g/mol. The smallest absolute Gasteiger partial charge is 0.256 e. The van der Waals surface area contributed by atoms with E-state index in [2.05, 4.69) is 15.3 Å². The Balaban J connectivity index is 1.39. The molecular weight excluding hydrogens is 548 g/mol. The van der Waals surface area contributed by atoms with E-state index in [-0.39, 0.29) is 22.8 Å². The molecule has 2 aromatic heterocycles. The molecule has 10 heteroatoms. The average molecular weight is 577 g/mol. The highest BCUT2D eigenvalue weighted by Gasteiger charge is 2.54. The van der Waals surface area contributed by atoms with Crippen molar-refractivity contribution in [1.29, 1.82) is 0 Å². The lowest BCUT2D eigenvalue weighted by Gasteiger charge is -2.35. The molecule has 42 heavy (non-hydrogen) atoms. The number of anilines is 1. The van der Waals surface area contributed by atoms with E-state index in [1.54, 1.807) is 24.3 Å². The van der Waals surface area contributed by atoms with E-state index >= 15 is 0 Å². The number of rotatable bonds is 8. The number of carbonyl (C=O) groups is 2. The Hall–Kier alpha value is -4.47. The third kappa shape index (κ3) is 5.06. The van der Waals surface area contributed by atoms with Gasteiger partial charge in [0.2, 0.25) is 12.3 Å². The molecule has 6 rings (SSSR count). The number of benzene rings is 2. The first kappa shape index (κ1) is 27.7. The maximum absolute atomic E-state index is 13.9. The number of alkyl halides is 2. The fourth-order valence-electron chi connectivity index (χ4n) is 6.02. The minimum absolute atomic E-state index is 0.0882. The van der Waals surface area contributed by atoms with Gasteiger partial charge in [-0.15, -0.1) is 0 Å². The van der Waals surface area contributed by atoms with Crippen LogP contribution in [-0.4, -0.2) is 45.2 Å². The molecule has 1 unspecified atom stereocenters. The summed E-state index contributed by atoms with van der Waals surface area (Å²) >= 11 is 0. The van der Waals surface area contributed by atoms with Gasteiger partial charge in [-0.3, -0.25) is 9.59 Å². The quantitative estimate of drug-likeness (QED) is 0.223. The lowest BCUT2D eigenvalue weighted by molar-refractivity contribution is -0.118. The number of carbonyl (C=O) groups excluding carboxylic acids is 2. The van der Waals surface area contributed by atoms with Crippen molar-refractivity contribution in [2.45, 2.75) is 50.5 Å². The van der Waals surface area contributed by atoms with Crippen LogP contribution in [0.25, 0.3) is 22.4 Å². The Labute approximate surface area is 239 Å². The molecule has 1 fully saturated rings. The Bertz CT molecular complexity index is 1650. The number of nitrogens with one attached hydrogen (secondary N) is 2. The van der Waals surface area contributed by atoms with Crippen LogP contribution in [0.15, 0.2) is 66.9 Å². The first-order valence-electron chi connectivity index (χ1n) is 13.8. The first-order valence-corrected chi connectivity index (χ1v) is 13.8. The number of nitrogens with zero attached hydrogens (tertiary/aromatic N) is 2. The van der Waals surface area contributed by atoms with Crippen molar-refractivity contribution in [2.75, 3.05) is 11.9 Å². The van der Waals surface area contributed by atoms with Gasteiger partial charge in [0.15, 0.2) is 0 Å². The molecule has 1 atom stereocenters. The van der Waals surface area contributed by atoms with Gasteiger partial charge in [0.25, 0.3) is 5.91 Å². The van der Waals surface area contributed by atoms with Gasteiger partial charge in [0, 0.05) is 47.9 Å². The molecule has 0 radical (unpaired) electrons. The number of hydrogen-bond donors (Lipinski definition) is 2. The van der Waals surface area contributed by atoms with Crippen LogP contribution in [0.2, 0.25) is 0 Å². The van der Waals surface area contributed by atoms with Crippen LogP contribution in [-0.2, 0) is 11.2 Å². The van der Waals surface area contributed by atoms with E-state index in [0.29, 0.717) is 40.9 Å². The zero-order valence-electron chi connectivity index (χ0n) is 22.8. The average Bonchev–Trinajstić information content (AvgIpc) is 3.62. The zero-order valence-corrected chi connectivity index (χ0v) is 22.8. The van der Waals surface area contributed by atoms with Crippen LogP contribution in [0.4, 0.5) is 23.4 Å². The lowest BCUT2D eigenvalue weighted by Crippen LogP contribution is -2.47. The highest BCUT2D eigenvalue weighted by molar-refractivity contribution is 6.07. The largest absolute Gasteiger partial charge is 0.357 e. The highest BCUT2D eigenvalue weighted by Crippen LogP contribution is 2.51. The molecule has 2 amide bonds. The summed E-state index contributed by atoms with van der Waals surface area (Å²) in [6, 6.07) is 14.1. The summed E-state index contributed by atoms with van der Waals surface area (Å²) in [5.41, 5.74) is 3.87. The number of hydrogen-bond acceptors (Lipinski definition) is 3. The fourth-order valence-corrected chi connectivity index (χ4v) is 6.02. The van der Waals surface area contributed by atoms with Crippen molar-refractivity contribution >= 4 is 17.6 Å². The minimum Gasteiger partial charge on any atom is -0.357 e. The highest BCUT2D eigenvalue weighted by atomic mass is 19.3. The maximum atomic E-state index is 13.9. The van der Waals surface area contributed by atoms with Gasteiger partial charge in [-0.2, -0.15) is 0 Å². The summed E-state index contributed by atoms with van der Waals surface area (Å²) in [4.78, 5) is 36.6. The molecule has 0 bridgehead atoms. The van der Waals surface area contributed by atoms with Gasteiger partial charge in [-0.25, -0.2) is 22.5 Å². The van der Waals surface area contributed by atoms with E-state index in [1.165, 1.54) is 30.5 Å². The number of halogens is 4. The second-order valence-corrected chi connectivity index (χ2v) is 10.8. The molecule has 4 aromatic rings. The standard InChI is InChI=1S/C32H28F4N4O2/c1-2-40-31(42)28-24(17-32(40)12-13-32)38-29(27(28)19-5-9-22(34)10-6-19)20-11-14-37-26(15-20)39-30(41)23(16-25(35)36)18-3-7-21(33)8-4-18/h3-11,14-15,23,25,38H,2,12-13,16-17H2,1H3,(H,37,39,41). The lowest BCUT2D eigenvalue weighted by atomic mass is 9.91. The molecule has 1 spiro atoms. The molecule has 3 heterocycles. The summed E-state index contributed by atoms with van der Waals surface area (Å²) in [5.74, 6) is -2.84. The Morgan fingerprint density at radius 3 is 2.29 bits per heavy atom. The van der Waals surface area contributed by atoms with E-state index in [0.717, 1.165) is 30.7 Å². The van der Waals surface area contributed by atoms with Gasteiger partial charge < -0.3 is 15.2 Å². The van der Waals surface area contributed by atoms with E-state index in [9.17, 15) is 27.2 Å². The van der Waals surface area contributed by atoms with E-state index in [4.69, 9.17) is 0 Å². The third-order valence-electron chi connectivity index (χ3n) is 8.19. The third-order valence-corrected chi connectivity index (χ3v) is 8.19. The Kier molecular flexibility index (Phi) is 7.08. The van der Waals surface area contributed by atoms with Gasteiger partial charge in [0.05, 0.1) is 17.2 Å². The van der Waals surface area contributed by atoms with Crippen molar-refractivity contribution in [3.63, 3.8) is 0 Å². The molecule has 216 valence electrons. The first-order chi connectivity index (χ1) is 20.2. The summed E-state index contributed by atoms with van der Waals surface area (Å²) in [6.45, 7) is 2.53. The minimum atomic E-state index is -2.76. The number of fused-ring (bicyclic) bond motifs is 1.